The summed E-state index contributed by atoms with van der Waals surface area (Å²) in [6.45, 7) is 3.64. The van der Waals surface area contributed by atoms with Crippen molar-refractivity contribution in [2.45, 2.75) is 51.7 Å². The van der Waals surface area contributed by atoms with E-state index in [0.29, 0.717) is 25.1 Å². The molecule has 112 valence electrons. The van der Waals surface area contributed by atoms with Crippen LogP contribution in [0.1, 0.15) is 39.5 Å². The van der Waals surface area contributed by atoms with Crippen LogP contribution in [-0.4, -0.2) is 24.0 Å². The largest absolute Gasteiger partial charge is 0.392 e. The predicted molar refractivity (Wildman–Crippen MR) is 69.0 cm³/mol. The zero-order chi connectivity index (χ0) is 14.6. The molecule has 2 nitrogen and oxygen atoms in total. The molecule has 1 saturated carbocycles. The molecule has 4 atom stereocenters. The van der Waals surface area contributed by atoms with E-state index in [4.69, 9.17) is 11.6 Å². The molecular formula is C13H21ClF3NO. The van der Waals surface area contributed by atoms with Gasteiger partial charge in [-0.05, 0) is 25.7 Å². The molecule has 1 N–H and O–H groups in total. The van der Waals surface area contributed by atoms with Crippen LogP contribution in [0.25, 0.3) is 0 Å². The van der Waals surface area contributed by atoms with Crippen LogP contribution < -0.4 is 5.32 Å². The van der Waals surface area contributed by atoms with Crippen LogP contribution in [0.5, 0.6) is 0 Å². The van der Waals surface area contributed by atoms with Gasteiger partial charge < -0.3 is 5.32 Å². The average Bonchev–Trinajstić information content (AvgIpc) is 2.36. The predicted octanol–water partition coefficient (Wildman–Crippen LogP) is 3.73. The number of nitrogens with one attached hydrogen (secondary N) is 1. The molecule has 1 fully saturated rings. The average molecular weight is 300 g/mol. The first-order chi connectivity index (χ1) is 8.77. The molecule has 0 bridgehead atoms. The summed E-state index contributed by atoms with van der Waals surface area (Å²) in [5, 5.41) is 2.68. The Morgan fingerprint density at radius 3 is 2.42 bits per heavy atom. The van der Waals surface area contributed by atoms with Gasteiger partial charge in [0.25, 0.3) is 0 Å². The number of rotatable bonds is 4. The van der Waals surface area contributed by atoms with Gasteiger partial charge in [-0.2, -0.15) is 13.2 Å². The molecule has 0 saturated heterocycles. The lowest BCUT2D eigenvalue weighted by Gasteiger charge is -2.33. The highest BCUT2D eigenvalue weighted by molar-refractivity contribution is 6.18. The fourth-order valence-electron chi connectivity index (χ4n) is 2.44. The first kappa shape index (κ1) is 16.6. The summed E-state index contributed by atoms with van der Waals surface area (Å²) in [5.41, 5.74) is 0. The minimum atomic E-state index is -4.29. The molecule has 1 amide bonds. The lowest BCUT2D eigenvalue weighted by atomic mass is 9.78. The Morgan fingerprint density at radius 2 is 1.89 bits per heavy atom. The molecule has 0 spiro atoms. The molecule has 0 aromatic rings. The molecule has 4 unspecified atom stereocenters. The topological polar surface area (TPSA) is 29.1 Å². The van der Waals surface area contributed by atoms with Gasteiger partial charge in [0, 0.05) is 17.8 Å². The molecule has 1 rings (SSSR count). The van der Waals surface area contributed by atoms with Crippen molar-refractivity contribution in [2.75, 3.05) is 5.88 Å². The van der Waals surface area contributed by atoms with Gasteiger partial charge in [-0.3, -0.25) is 4.79 Å². The number of hydrogen-bond acceptors (Lipinski definition) is 1. The number of amides is 1. The van der Waals surface area contributed by atoms with E-state index < -0.39 is 23.9 Å². The summed E-state index contributed by atoms with van der Waals surface area (Å²) >= 11 is 5.69. The maximum Gasteiger partial charge on any atom is 0.392 e. The summed E-state index contributed by atoms with van der Waals surface area (Å²) in [5.74, 6) is -2.52. The second-order valence-corrected chi connectivity index (χ2v) is 5.78. The normalized spacial score (nSPS) is 27.7. The van der Waals surface area contributed by atoms with Crippen molar-refractivity contribution in [2.24, 2.45) is 17.8 Å². The van der Waals surface area contributed by atoms with Crippen molar-refractivity contribution in [1.29, 1.82) is 0 Å². The molecular weight excluding hydrogens is 279 g/mol. The second kappa shape index (κ2) is 6.82. The highest BCUT2D eigenvalue weighted by Gasteiger charge is 2.48. The summed E-state index contributed by atoms with van der Waals surface area (Å²) in [6, 6.07) is -0.208. The van der Waals surface area contributed by atoms with Crippen molar-refractivity contribution in [3.63, 3.8) is 0 Å². The fourth-order valence-corrected chi connectivity index (χ4v) is 2.71. The van der Waals surface area contributed by atoms with Crippen molar-refractivity contribution >= 4 is 17.5 Å². The summed E-state index contributed by atoms with van der Waals surface area (Å²) in [4.78, 5) is 12.0. The van der Waals surface area contributed by atoms with Crippen LogP contribution in [0.3, 0.4) is 0 Å². The Labute approximate surface area is 117 Å². The lowest BCUT2D eigenvalue weighted by Crippen LogP contribution is -2.46. The van der Waals surface area contributed by atoms with Crippen LogP contribution >= 0.6 is 11.6 Å². The lowest BCUT2D eigenvalue weighted by molar-refractivity contribution is -0.198. The highest BCUT2D eigenvalue weighted by Crippen LogP contribution is 2.41. The van der Waals surface area contributed by atoms with Gasteiger partial charge in [-0.1, -0.05) is 19.8 Å². The molecule has 0 aromatic carbocycles. The fraction of sp³-hybridized carbons (Fsp3) is 0.923. The molecule has 1 aliphatic carbocycles. The SMILES string of the molecule is CC(CCl)C(C)NC(=O)C1CCCCC1C(F)(F)F. The Morgan fingerprint density at radius 1 is 1.32 bits per heavy atom. The highest BCUT2D eigenvalue weighted by atomic mass is 35.5. The smallest absolute Gasteiger partial charge is 0.353 e. The van der Waals surface area contributed by atoms with Crippen LogP contribution in [0.2, 0.25) is 0 Å². The van der Waals surface area contributed by atoms with Crippen molar-refractivity contribution < 1.29 is 18.0 Å². The molecule has 19 heavy (non-hydrogen) atoms. The van der Waals surface area contributed by atoms with Crippen molar-refractivity contribution in [3.05, 3.63) is 0 Å². The number of hydrogen-bond donors (Lipinski definition) is 1. The molecule has 0 radical (unpaired) electrons. The minimum Gasteiger partial charge on any atom is -0.353 e. The van der Waals surface area contributed by atoms with Gasteiger partial charge >= 0.3 is 6.18 Å². The Kier molecular flexibility index (Phi) is 5.96. The quantitative estimate of drug-likeness (QED) is 0.787. The van der Waals surface area contributed by atoms with E-state index in [2.05, 4.69) is 5.32 Å². The number of alkyl halides is 4. The molecule has 0 aliphatic heterocycles. The Bertz CT molecular complexity index is 309. The molecule has 1 aliphatic rings. The second-order valence-electron chi connectivity index (χ2n) is 5.47. The first-order valence-corrected chi connectivity index (χ1v) is 7.23. The number of carbonyl (C=O) groups excluding carboxylic acids is 1. The third-order valence-electron chi connectivity index (χ3n) is 3.99. The summed E-state index contributed by atoms with van der Waals surface area (Å²) in [6.07, 6.45) is -2.69. The van der Waals surface area contributed by atoms with E-state index in [9.17, 15) is 18.0 Å². The van der Waals surface area contributed by atoms with E-state index in [-0.39, 0.29) is 18.4 Å². The molecule has 6 heteroatoms. The van der Waals surface area contributed by atoms with Gasteiger partial charge in [0.1, 0.15) is 0 Å². The third kappa shape index (κ3) is 4.55. The third-order valence-corrected chi connectivity index (χ3v) is 4.48. The van der Waals surface area contributed by atoms with E-state index in [0.717, 1.165) is 0 Å². The van der Waals surface area contributed by atoms with Crippen molar-refractivity contribution in [3.8, 4) is 0 Å². The number of halogens is 4. The van der Waals surface area contributed by atoms with Crippen LogP contribution in [0, 0.1) is 17.8 Å². The summed E-state index contributed by atoms with van der Waals surface area (Å²) < 4.78 is 38.7. The van der Waals surface area contributed by atoms with E-state index >= 15 is 0 Å². The van der Waals surface area contributed by atoms with Crippen molar-refractivity contribution in [1.82, 2.24) is 5.32 Å². The van der Waals surface area contributed by atoms with Gasteiger partial charge in [-0.15, -0.1) is 11.6 Å². The summed E-state index contributed by atoms with van der Waals surface area (Å²) in [7, 11) is 0. The Hall–Kier alpha value is -0.450. The van der Waals surface area contributed by atoms with Crippen LogP contribution in [0.15, 0.2) is 0 Å². The van der Waals surface area contributed by atoms with E-state index in [1.54, 1.807) is 6.92 Å². The van der Waals surface area contributed by atoms with Gasteiger partial charge in [0.2, 0.25) is 5.91 Å². The molecule has 0 aromatic heterocycles. The maximum atomic E-state index is 12.9. The Balaban J connectivity index is 2.67. The van der Waals surface area contributed by atoms with E-state index in [1.807, 2.05) is 6.92 Å². The standard InChI is InChI=1S/C13H21ClF3NO/c1-8(7-14)9(2)18-12(19)10-5-3-4-6-11(10)13(15,16)17/h8-11H,3-7H2,1-2H3,(H,18,19). The molecule has 0 heterocycles. The zero-order valence-corrected chi connectivity index (χ0v) is 12.0. The minimum absolute atomic E-state index is 0.0403. The monoisotopic (exact) mass is 299 g/mol. The van der Waals surface area contributed by atoms with Gasteiger partial charge in [0.05, 0.1) is 5.92 Å². The van der Waals surface area contributed by atoms with Crippen LogP contribution in [-0.2, 0) is 4.79 Å². The zero-order valence-electron chi connectivity index (χ0n) is 11.3. The van der Waals surface area contributed by atoms with Crippen LogP contribution in [0.4, 0.5) is 13.2 Å². The number of carbonyl (C=O) groups is 1. The van der Waals surface area contributed by atoms with Gasteiger partial charge in [-0.25, -0.2) is 0 Å². The first-order valence-electron chi connectivity index (χ1n) is 6.70. The van der Waals surface area contributed by atoms with Gasteiger partial charge in [0.15, 0.2) is 0 Å². The van der Waals surface area contributed by atoms with E-state index in [1.165, 1.54) is 0 Å². The maximum absolute atomic E-state index is 12.9.